The molecule has 3 rings (SSSR count). The standard InChI is InChI=1S/C27H34N2O4/c1-17-11-12-19(27(2,3)4)16-21(17)24(31)22-23(18-9-7-10-20(30)15-18)29(26(33)25(22)32)14-8-13-28(5)6/h7,9-12,15-16,23,30-31H,8,13-14H2,1-6H3/b24-22+. The summed E-state index contributed by atoms with van der Waals surface area (Å²) in [4.78, 5) is 29.8. The normalized spacial score (nSPS) is 18.4. The molecular weight excluding hydrogens is 416 g/mol. The van der Waals surface area contributed by atoms with E-state index in [-0.39, 0.29) is 22.5 Å². The van der Waals surface area contributed by atoms with Crippen molar-refractivity contribution in [3.05, 3.63) is 70.3 Å². The van der Waals surface area contributed by atoms with E-state index in [0.717, 1.165) is 17.7 Å². The largest absolute Gasteiger partial charge is 0.508 e. The quantitative estimate of drug-likeness (QED) is 0.388. The molecule has 0 saturated carbocycles. The van der Waals surface area contributed by atoms with Crippen LogP contribution in [-0.4, -0.2) is 58.9 Å². The number of aliphatic hydroxyl groups is 1. The highest BCUT2D eigenvalue weighted by molar-refractivity contribution is 6.46. The van der Waals surface area contributed by atoms with E-state index in [1.807, 2.05) is 44.1 Å². The Kier molecular flexibility index (Phi) is 6.98. The van der Waals surface area contributed by atoms with Crippen LogP contribution in [0.2, 0.25) is 0 Å². The van der Waals surface area contributed by atoms with E-state index >= 15 is 0 Å². The number of benzene rings is 2. The van der Waals surface area contributed by atoms with E-state index in [0.29, 0.717) is 24.1 Å². The lowest BCUT2D eigenvalue weighted by molar-refractivity contribution is -0.139. The minimum absolute atomic E-state index is 0.0392. The fourth-order valence-electron chi connectivity index (χ4n) is 4.20. The Hall–Kier alpha value is -3.12. The summed E-state index contributed by atoms with van der Waals surface area (Å²) in [5, 5.41) is 21.5. The van der Waals surface area contributed by atoms with Crippen LogP contribution in [0.5, 0.6) is 5.75 Å². The molecule has 0 aliphatic carbocycles. The van der Waals surface area contributed by atoms with Crippen LogP contribution in [0.4, 0.5) is 0 Å². The molecule has 2 N–H and O–H groups in total. The van der Waals surface area contributed by atoms with Crippen LogP contribution in [-0.2, 0) is 15.0 Å². The lowest BCUT2D eigenvalue weighted by Crippen LogP contribution is -2.32. The topological polar surface area (TPSA) is 81.1 Å². The lowest BCUT2D eigenvalue weighted by atomic mass is 9.84. The number of nitrogens with zero attached hydrogens (tertiary/aromatic N) is 2. The second kappa shape index (κ2) is 9.40. The molecule has 2 aromatic carbocycles. The number of ketones is 1. The SMILES string of the molecule is Cc1ccc(C(C)(C)C)cc1/C(O)=C1\C(=O)C(=O)N(CCCN(C)C)C1c1cccc(O)c1. The monoisotopic (exact) mass is 450 g/mol. The Morgan fingerprint density at radius 3 is 2.39 bits per heavy atom. The minimum atomic E-state index is -0.767. The van der Waals surface area contributed by atoms with E-state index in [1.165, 1.54) is 4.90 Å². The van der Waals surface area contributed by atoms with Gasteiger partial charge in [0.15, 0.2) is 0 Å². The summed E-state index contributed by atoms with van der Waals surface area (Å²) < 4.78 is 0. The summed E-state index contributed by atoms with van der Waals surface area (Å²) in [6, 6.07) is 11.6. The molecular formula is C27H34N2O4. The second-order valence-electron chi connectivity index (χ2n) is 10.0. The smallest absolute Gasteiger partial charge is 0.295 e. The Labute approximate surface area is 196 Å². The molecule has 1 unspecified atom stereocenters. The number of phenols is 1. The molecule has 6 nitrogen and oxygen atoms in total. The average molecular weight is 451 g/mol. The first kappa shape index (κ1) is 24.5. The highest BCUT2D eigenvalue weighted by Crippen LogP contribution is 2.41. The number of carbonyl (C=O) groups excluding carboxylic acids is 2. The maximum atomic E-state index is 13.2. The summed E-state index contributed by atoms with van der Waals surface area (Å²) in [5.74, 6) is -1.47. The minimum Gasteiger partial charge on any atom is -0.508 e. The van der Waals surface area contributed by atoms with Gasteiger partial charge in [-0.05, 0) is 74.3 Å². The lowest BCUT2D eigenvalue weighted by Gasteiger charge is -2.26. The van der Waals surface area contributed by atoms with Crippen LogP contribution in [0.15, 0.2) is 48.0 Å². The van der Waals surface area contributed by atoms with Crippen LogP contribution in [0.1, 0.15) is 55.5 Å². The maximum absolute atomic E-state index is 13.2. The van der Waals surface area contributed by atoms with Crippen molar-refractivity contribution in [1.29, 1.82) is 0 Å². The fraction of sp³-hybridized carbons (Fsp3) is 0.407. The second-order valence-corrected chi connectivity index (χ2v) is 10.0. The van der Waals surface area contributed by atoms with E-state index < -0.39 is 17.7 Å². The molecule has 176 valence electrons. The molecule has 1 aliphatic heterocycles. The average Bonchev–Trinajstić information content (AvgIpc) is 2.97. The molecule has 0 bridgehead atoms. The first-order valence-electron chi connectivity index (χ1n) is 11.3. The number of Topliss-reactive ketones (excluding diaryl/α,β-unsaturated/α-hetero) is 1. The van der Waals surface area contributed by atoms with Crippen LogP contribution in [0, 0.1) is 6.92 Å². The third-order valence-electron chi connectivity index (χ3n) is 6.09. The number of hydrogen-bond donors (Lipinski definition) is 2. The number of likely N-dealkylation sites (tertiary alicyclic amines) is 1. The summed E-state index contributed by atoms with van der Waals surface area (Å²) in [7, 11) is 3.90. The first-order valence-corrected chi connectivity index (χ1v) is 11.3. The zero-order valence-corrected chi connectivity index (χ0v) is 20.3. The fourth-order valence-corrected chi connectivity index (χ4v) is 4.20. The zero-order chi connectivity index (χ0) is 24.5. The Morgan fingerprint density at radius 2 is 1.79 bits per heavy atom. The van der Waals surface area contributed by atoms with Gasteiger partial charge in [-0.15, -0.1) is 0 Å². The van der Waals surface area contributed by atoms with Crippen molar-refractivity contribution < 1.29 is 19.8 Å². The van der Waals surface area contributed by atoms with Gasteiger partial charge < -0.3 is 20.0 Å². The van der Waals surface area contributed by atoms with Gasteiger partial charge in [-0.2, -0.15) is 0 Å². The molecule has 33 heavy (non-hydrogen) atoms. The summed E-state index contributed by atoms with van der Waals surface area (Å²) in [5.41, 5.74) is 2.87. The van der Waals surface area contributed by atoms with Gasteiger partial charge in [0.25, 0.3) is 11.7 Å². The number of aliphatic hydroxyl groups excluding tert-OH is 1. The number of hydrogen-bond acceptors (Lipinski definition) is 5. The molecule has 1 atom stereocenters. The van der Waals surface area contributed by atoms with Gasteiger partial charge in [-0.25, -0.2) is 0 Å². The predicted molar refractivity (Wildman–Crippen MR) is 130 cm³/mol. The summed E-state index contributed by atoms with van der Waals surface area (Å²) >= 11 is 0. The highest BCUT2D eigenvalue weighted by Gasteiger charge is 2.46. The first-order chi connectivity index (χ1) is 15.4. The Bertz CT molecular complexity index is 1100. The molecule has 0 aromatic heterocycles. The van der Waals surface area contributed by atoms with E-state index in [9.17, 15) is 19.8 Å². The molecule has 1 saturated heterocycles. The Balaban J connectivity index is 2.18. The van der Waals surface area contributed by atoms with Crippen LogP contribution in [0.25, 0.3) is 5.76 Å². The zero-order valence-electron chi connectivity index (χ0n) is 20.3. The third-order valence-corrected chi connectivity index (χ3v) is 6.09. The molecule has 1 fully saturated rings. The van der Waals surface area contributed by atoms with Crippen molar-refractivity contribution in [1.82, 2.24) is 9.80 Å². The number of carbonyl (C=O) groups is 2. The van der Waals surface area contributed by atoms with Gasteiger partial charge in [-0.3, -0.25) is 9.59 Å². The molecule has 1 heterocycles. The molecule has 0 radical (unpaired) electrons. The third kappa shape index (κ3) is 5.11. The van der Waals surface area contributed by atoms with Crippen LogP contribution in [0.3, 0.4) is 0 Å². The number of aryl methyl sites for hydroxylation is 1. The molecule has 1 amide bonds. The van der Waals surface area contributed by atoms with Gasteiger partial charge in [0.1, 0.15) is 11.5 Å². The van der Waals surface area contributed by atoms with Crippen molar-refractivity contribution in [3.8, 4) is 5.75 Å². The predicted octanol–water partition coefficient (Wildman–Crippen LogP) is 4.37. The van der Waals surface area contributed by atoms with Gasteiger partial charge in [0.05, 0.1) is 11.6 Å². The van der Waals surface area contributed by atoms with Crippen LogP contribution < -0.4 is 0 Å². The Morgan fingerprint density at radius 1 is 1.09 bits per heavy atom. The highest BCUT2D eigenvalue weighted by atomic mass is 16.3. The van der Waals surface area contributed by atoms with Crippen molar-refractivity contribution in [2.75, 3.05) is 27.2 Å². The number of aromatic hydroxyl groups is 1. The number of rotatable bonds is 6. The maximum Gasteiger partial charge on any atom is 0.295 e. The van der Waals surface area contributed by atoms with E-state index in [2.05, 4.69) is 20.8 Å². The number of phenolic OH excluding ortho intramolecular Hbond substituents is 1. The van der Waals surface area contributed by atoms with Crippen molar-refractivity contribution in [2.45, 2.75) is 45.6 Å². The van der Waals surface area contributed by atoms with Gasteiger partial charge >= 0.3 is 0 Å². The number of amides is 1. The molecule has 2 aromatic rings. The van der Waals surface area contributed by atoms with E-state index in [1.54, 1.807) is 24.3 Å². The van der Waals surface area contributed by atoms with Crippen molar-refractivity contribution in [3.63, 3.8) is 0 Å². The summed E-state index contributed by atoms with van der Waals surface area (Å²) in [6.45, 7) is 9.23. The van der Waals surface area contributed by atoms with Crippen LogP contribution >= 0.6 is 0 Å². The summed E-state index contributed by atoms with van der Waals surface area (Å²) in [6.07, 6.45) is 0.675. The van der Waals surface area contributed by atoms with Gasteiger partial charge in [0, 0.05) is 12.1 Å². The van der Waals surface area contributed by atoms with Crippen molar-refractivity contribution >= 4 is 17.4 Å². The van der Waals surface area contributed by atoms with Gasteiger partial charge in [0.2, 0.25) is 0 Å². The molecule has 6 heteroatoms. The van der Waals surface area contributed by atoms with Crippen molar-refractivity contribution in [2.24, 2.45) is 0 Å². The molecule has 1 aliphatic rings. The van der Waals surface area contributed by atoms with E-state index in [4.69, 9.17) is 0 Å². The molecule has 0 spiro atoms. The van der Waals surface area contributed by atoms with Gasteiger partial charge in [-0.1, -0.05) is 45.0 Å².